The number of ether oxygens (including phenoxy) is 1. The standard InChI is InChI=1S/C7H10IN2O2P/c8-13-12-2-1-11-7-3-6(9)4-10-5-7/h3-5,13H,1-2,9H2. The van der Waals surface area contributed by atoms with E-state index in [4.69, 9.17) is 15.0 Å². The zero-order valence-corrected chi connectivity index (χ0v) is 10.0. The van der Waals surface area contributed by atoms with Crippen LogP contribution in [0.2, 0.25) is 0 Å². The number of nitrogens with two attached hydrogens (primary N) is 1. The largest absolute Gasteiger partial charge is 0.489 e. The average molecular weight is 312 g/mol. The van der Waals surface area contributed by atoms with Crippen molar-refractivity contribution in [2.45, 2.75) is 0 Å². The number of hydrogen-bond acceptors (Lipinski definition) is 4. The number of hydrogen-bond donors (Lipinski definition) is 1. The lowest BCUT2D eigenvalue weighted by molar-refractivity contribution is 0.237. The van der Waals surface area contributed by atoms with Gasteiger partial charge in [0.1, 0.15) is 12.4 Å². The minimum atomic E-state index is 0.473. The number of rotatable bonds is 5. The Hall–Kier alpha value is -0.130. The van der Waals surface area contributed by atoms with Crippen LogP contribution in [0.15, 0.2) is 18.5 Å². The number of aromatic nitrogens is 1. The van der Waals surface area contributed by atoms with Crippen molar-refractivity contribution in [3.05, 3.63) is 18.5 Å². The second-order valence-electron chi connectivity index (χ2n) is 2.23. The molecule has 0 fully saturated rings. The molecule has 0 aromatic carbocycles. The summed E-state index contributed by atoms with van der Waals surface area (Å²) >= 11 is 2.16. The number of nitrogens with zero attached hydrogens (tertiary/aromatic N) is 1. The Labute approximate surface area is 91.6 Å². The molecular formula is C7H10IN2O2P. The lowest BCUT2D eigenvalue weighted by atomic mass is 10.4. The predicted octanol–water partition coefficient (Wildman–Crippen LogP) is 2.00. The average Bonchev–Trinajstić information content (AvgIpc) is 2.13. The van der Waals surface area contributed by atoms with E-state index in [9.17, 15) is 0 Å². The molecule has 0 aliphatic carbocycles. The van der Waals surface area contributed by atoms with Crippen LogP contribution in [0.5, 0.6) is 5.75 Å². The first-order chi connectivity index (χ1) is 6.33. The lowest BCUT2D eigenvalue weighted by Gasteiger charge is -2.05. The first-order valence-corrected chi connectivity index (χ1v) is 7.66. The third-order valence-electron chi connectivity index (χ3n) is 1.24. The smallest absolute Gasteiger partial charge is 0.139 e. The Kier molecular flexibility index (Phi) is 5.34. The summed E-state index contributed by atoms with van der Waals surface area (Å²) in [6.45, 7) is 1.59. The lowest BCUT2D eigenvalue weighted by Crippen LogP contribution is -2.03. The number of nitrogen functional groups attached to an aromatic ring is 1. The van der Waals surface area contributed by atoms with Gasteiger partial charge in [-0.05, 0) is 22.0 Å². The van der Waals surface area contributed by atoms with E-state index in [0.717, 1.165) is 0 Å². The third kappa shape index (κ3) is 4.59. The molecule has 0 bridgehead atoms. The maximum Gasteiger partial charge on any atom is 0.139 e. The fourth-order valence-corrected chi connectivity index (χ4v) is 1.58. The molecule has 0 aliphatic rings. The summed E-state index contributed by atoms with van der Waals surface area (Å²) < 4.78 is 10.4. The molecule has 1 atom stereocenters. The van der Waals surface area contributed by atoms with Crippen LogP contribution in [0.1, 0.15) is 0 Å². The molecule has 1 rings (SSSR count). The zero-order chi connectivity index (χ0) is 9.52. The summed E-state index contributed by atoms with van der Waals surface area (Å²) in [4.78, 5) is 3.89. The van der Waals surface area contributed by atoms with Gasteiger partial charge in [-0.1, -0.05) is 0 Å². The molecule has 2 N–H and O–H groups in total. The van der Waals surface area contributed by atoms with Crippen molar-refractivity contribution in [1.29, 1.82) is 0 Å². The molecule has 13 heavy (non-hydrogen) atoms. The third-order valence-corrected chi connectivity index (χ3v) is 2.49. The van der Waals surface area contributed by atoms with Gasteiger partial charge in [-0.2, -0.15) is 0 Å². The molecular weight excluding hydrogens is 302 g/mol. The molecule has 1 aromatic heterocycles. The summed E-state index contributed by atoms with van der Waals surface area (Å²) in [6, 6.07) is 1.74. The van der Waals surface area contributed by atoms with E-state index in [1.807, 2.05) is 0 Å². The predicted molar refractivity (Wildman–Crippen MR) is 62.4 cm³/mol. The minimum Gasteiger partial charge on any atom is -0.489 e. The summed E-state index contributed by atoms with van der Waals surface area (Å²) in [6.07, 6.45) is 3.21. The van der Waals surface area contributed by atoms with Crippen molar-refractivity contribution in [2.75, 3.05) is 18.9 Å². The van der Waals surface area contributed by atoms with Crippen molar-refractivity contribution in [1.82, 2.24) is 4.98 Å². The minimum absolute atomic E-state index is 0.473. The molecule has 4 nitrogen and oxygen atoms in total. The van der Waals surface area contributed by atoms with E-state index < -0.39 is 0 Å². The molecule has 0 spiro atoms. The Morgan fingerprint density at radius 3 is 3.00 bits per heavy atom. The molecule has 6 heteroatoms. The van der Waals surface area contributed by atoms with Crippen molar-refractivity contribution in [2.24, 2.45) is 0 Å². The Bertz CT molecular complexity index is 262. The van der Waals surface area contributed by atoms with Crippen molar-refractivity contribution >= 4 is 34.2 Å². The first kappa shape index (κ1) is 10.9. The molecule has 1 aromatic rings. The number of anilines is 1. The SMILES string of the molecule is Nc1cncc(OCCOPI)c1. The van der Waals surface area contributed by atoms with E-state index >= 15 is 0 Å². The van der Waals surface area contributed by atoms with Crippen LogP contribution in [0.4, 0.5) is 5.69 Å². The maximum absolute atomic E-state index is 5.52. The van der Waals surface area contributed by atoms with E-state index in [-0.39, 0.29) is 0 Å². The highest BCUT2D eigenvalue weighted by atomic mass is 127. The van der Waals surface area contributed by atoms with Gasteiger partial charge in [0.25, 0.3) is 0 Å². The van der Waals surface area contributed by atoms with Gasteiger partial charge in [0.15, 0.2) is 0 Å². The number of halogens is 1. The topological polar surface area (TPSA) is 57.4 Å². The van der Waals surface area contributed by atoms with Gasteiger partial charge in [-0.15, -0.1) is 0 Å². The van der Waals surface area contributed by atoms with E-state index in [2.05, 4.69) is 27.0 Å². The van der Waals surface area contributed by atoms with Crippen LogP contribution in [0.3, 0.4) is 0 Å². The molecule has 0 saturated carbocycles. The van der Waals surface area contributed by atoms with E-state index in [0.29, 0.717) is 31.1 Å². The van der Waals surface area contributed by atoms with Crippen LogP contribution < -0.4 is 10.5 Å². The summed E-state index contributed by atoms with van der Waals surface area (Å²) in [5.74, 6) is 0.681. The Morgan fingerprint density at radius 2 is 2.31 bits per heavy atom. The van der Waals surface area contributed by atoms with Gasteiger partial charge >= 0.3 is 0 Å². The Balaban J connectivity index is 2.28. The monoisotopic (exact) mass is 312 g/mol. The van der Waals surface area contributed by atoms with Gasteiger partial charge in [-0.25, -0.2) is 0 Å². The molecule has 1 heterocycles. The highest BCUT2D eigenvalue weighted by molar-refractivity contribution is 14.2. The second-order valence-corrected chi connectivity index (χ2v) is 3.99. The summed E-state index contributed by atoms with van der Waals surface area (Å²) in [7, 11) is 0. The first-order valence-electron chi connectivity index (χ1n) is 3.63. The van der Waals surface area contributed by atoms with E-state index in [1.165, 1.54) is 0 Å². The second kappa shape index (κ2) is 6.34. The highest BCUT2D eigenvalue weighted by Gasteiger charge is 1.94. The van der Waals surface area contributed by atoms with Crippen LogP contribution in [0.25, 0.3) is 0 Å². The van der Waals surface area contributed by atoms with Gasteiger partial charge < -0.3 is 15.0 Å². The highest BCUT2D eigenvalue weighted by Crippen LogP contribution is 2.21. The Morgan fingerprint density at radius 1 is 1.46 bits per heavy atom. The van der Waals surface area contributed by atoms with Crippen molar-refractivity contribution in [3.63, 3.8) is 0 Å². The van der Waals surface area contributed by atoms with Crippen LogP contribution >= 0.6 is 28.5 Å². The molecule has 0 saturated heterocycles. The van der Waals surface area contributed by atoms with Gasteiger partial charge in [0, 0.05) is 6.07 Å². The molecule has 0 amide bonds. The van der Waals surface area contributed by atoms with Gasteiger partial charge in [0.2, 0.25) is 0 Å². The van der Waals surface area contributed by atoms with Crippen molar-refractivity contribution in [3.8, 4) is 5.75 Å². The fourth-order valence-electron chi connectivity index (χ4n) is 0.754. The molecule has 72 valence electrons. The quantitative estimate of drug-likeness (QED) is 0.513. The fraction of sp³-hybridized carbons (Fsp3) is 0.286. The maximum atomic E-state index is 5.52. The van der Waals surface area contributed by atoms with Crippen LogP contribution in [0, 0.1) is 0 Å². The normalized spacial score (nSPS) is 10.8. The zero-order valence-electron chi connectivity index (χ0n) is 6.87. The van der Waals surface area contributed by atoms with Crippen LogP contribution in [-0.2, 0) is 4.52 Å². The van der Waals surface area contributed by atoms with Crippen molar-refractivity contribution < 1.29 is 9.26 Å². The summed E-state index contributed by atoms with van der Waals surface area (Å²) in [5.41, 5.74) is 6.12. The van der Waals surface area contributed by atoms with Gasteiger partial charge in [-0.3, -0.25) is 4.98 Å². The van der Waals surface area contributed by atoms with Crippen LogP contribution in [-0.4, -0.2) is 18.2 Å². The van der Waals surface area contributed by atoms with E-state index in [1.54, 1.807) is 18.5 Å². The molecule has 0 aliphatic heterocycles. The summed E-state index contributed by atoms with van der Waals surface area (Å²) in [5, 5.41) is 0. The molecule has 1 unspecified atom stereocenters. The van der Waals surface area contributed by atoms with Gasteiger partial charge in [0.05, 0.1) is 31.1 Å². The molecule has 0 radical (unpaired) electrons. The number of pyridine rings is 1.